The number of aryl methyl sites for hydroxylation is 3. The fourth-order valence-corrected chi connectivity index (χ4v) is 3.55. The number of fused-ring (bicyclic) bond motifs is 1. The van der Waals surface area contributed by atoms with Gasteiger partial charge in [-0.05, 0) is 54.2 Å². The van der Waals surface area contributed by atoms with E-state index in [9.17, 15) is 0 Å². The Kier molecular flexibility index (Phi) is 3.13. The molecule has 0 aliphatic carbocycles. The number of benzene rings is 1. The number of aromatic nitrogens is 2. The van der Waals surface area contributed by atoms with Crippen LogP contribution in [0.15, 0.2) is 16.7 Å². The lowest BCUT2D eigenvalue weighted by molar-refractivity contribution is 0.618. The highest BCUT2D eigenvalue weighted by atomic mass is 79.9. The van der Waals surface area contributed by atoms with Gasteiger partial charge in [-0.3, -0.25) is 0 Å². The van der Waals surface area contributed by atoms with Crippen LogP contribution in [0.25, 0.3) is 11.3 Å². The van der Waals surface area contributed by atoms with Crippen molar-refractivity contribution >= 4 is 21.9 Å². The first-order valence-electron chi connectivity index (χ1n) is 6.66. The molecule has 0 saturated heterocycles. The summed E-state index contributed by atoms with van der Waals surface area (Å²) in [6.07, 6.45) is 1.15. The van der Waals surface area contributed by atoms with Gasteiger partial charge in [0.25, 0.3) is 0 Å². The number of anilines is 1. The molecule has 3 rings (SSSR count). The molecule has 0 amide bonds. The quantitative estimate of drug-likeness (QED) is 0.859. The molecule has 100 valence electrons. The first kappa shape index (κ1) is 12.7. The minimum Gasteiger partial charge on any atom is -0.356 e. The SMILES string of the molecule is Cc1cc(C)c(-c2nc3n(c2Br)CCCN3)c(C)c1. The summed E-state index contributed by atoms with van der Waals surface area (Å²) < 4.78 is 3.31. The Bertz CT molecular complexity index is 620. The summed E-state index contributed by atoms with van der Waals surface area (Å²) >= 11 is 3.72. The van der Waals surface area contributed by atoms with E-state index in [1.807, 2.05) is 0 Å². The lowest BCUT2D eigenvalue weighted by atomic mass is 9.98. The molecule has 0 fully saturated rings. The fourth-order valence-electron chi connectivity index (χ4n) is 2.92. The lowest BCUT2D eigenvalue weighted by Gasteiger charge is -2.15. The van der Waals surface area contributed by atoms with Crippen LogP contribution in [0.5, 0.6) is 0 Å². The van der Waals surface area contributed by atoms with E-state index in [1.165, 1.54) is 22.3 Å². The number of nitrogens with one attached hydrogen (secondary N) is 1. The molecule has 0 spiro atoms. The highest BCUT2D eigenvalue weighted by Gasteiger charge is 2.21. The zero-order chi connectivity index (χ0) is 13.6. The van der Waals surface area contributed by atoms with E-state index in [4.69, 9.17) is 4.98 Å². The number of rotatable bonds is 1. The van der Waals surface area contributed by atoms with Crippen LogP contribution >= 0.6 is 15.9 Å². The Hall–Kier alpha value is -1.29. The van der Waals surface area contributed by atoms with Crippen LogP contribution in [0.3, 0.4) is 0 Å². The summed E-state index contributed by atoms with van der Waals surface area (Å²) in [6, 6.07) is 4.45. The molecule has 4 heteroatoms. The van der Waals surface area contributed by atoms with Crippen molar-refractivity contribution in [3.8, 4) is 11.3 Å². The first-order chi connectivity index (χ1) is 9.08. The molecule has 1 aromatic carbocycles. The number of imidazole rings is 1. The third kappa shape index (κ3) is 2.08. The van der Waals surface area contributed by atoms with Crippen LogP contribution < -0.4 is 5.32 Å². The van der Waals surface area contributed by atoms with Gasteiger partial charge in [0.1, 0.15) is 10.3 Å². The minimum absolute atomic E-state index is 0.979. The van der Waals surface area contributed by atoms with Crippen molar-refractivity contribution in [2.75, 3.05) is 11.9 Å². The Morgan fingerprint density at radius 1 is 1.21 bits per heavy atom. The smallest absolute Gasteiger partial charge is 0.204 e. The zero-order valence-electron chi connectivity index (χ0n) is 11.5. The van der Waals surface area contributed by atoms with Gasteiger partial charge in [0, 0.05) is 18.7 Å². The predicted octanol–water partition coefficient (Wildman–Crippen LogP) is 4.05. The van der Waals surface area contributed by atoms with Gasteiger partial charge >= 0.3 is 0 Å². The second-order valence-corrected chi connectivity index (χ2v) is 6.03. The second kappa shape index (κ2) is 4.67. The van der Waals surface area contributed by atoms with Gasteiger partial charge < -0.3 is 9.88 Å². The number of hydrogen-bond donors (Lipinski definition) is 1. The molecule has 1 aromatic heterocycles. The summed E-state index contributed by atoms with van der Waals surface area (Å²) in [5.41, 5.74) is 6.18. The maximum Gasteiger partial charge on any atom is 0.204 e. The normalized spacial score (nSPS) is 14.1. The van der Waals surface area contributed by atoms with Crippen molar-refractivity contribution in [1.29, 1.82) is 0 Å². The van der Waals surface area contributed by atoms with Crippen LogP contribution in [0.4, 0.5) is 5.95 Å². The van der Waals surface area contributed by atoms with Crippen LogP contribution in [-0.4, -0.2) is 16.1 Å². The Labute approximate surface area is 122 Å². The third-order valence-electron chi connectivity index (χ3n) is 3.66. The molecule has 2 heterocycles. The molecular weight excluding hydrogens is 302 g/mol. The molecule has 0 atom stereocenters. The van der Waals surface area contributed by atoms with Crippen molar-refractivity contribution in [1.82, 2.24) is 9.55 Å². The molecule has 2 aromatic rings. The Balaban J connectivity index is 2.20. The summed E-state index contributed by atoms with van der Waals surface area (Å²) in [5.74, 6) is 0.979. The molecule has 0 saturated carbocycles. The highest BCUT2D eigenvalue weighted by Crippen LogP contribution is 2.36. The average molecular weight is 320 g/mol. The monoisotopic (exact) mass is 319 g/mol. The fraction of sp³-hybridized carbons (Fsp3) is 0.400. The minimum atomic E-state index is 0.979. The summed E-state index contributed by atoms with van der Waals surface area (Å²) in [4.78, 5) is 4.78. The largest absolute Gasteiger partial charge is 0.356 e. The zero-order valence-corrected chi connectivity index (χ0v) is 13.1. The van der Waals surface area contributed by atoms with E-state index in [0.29, 0.717) is 0 Å². The highest BCUT2D eigenvalue weighted by molar-refractivity contribution is 9.10. The number of halogens is 1. The lowest BCUT2D eigenvalue weighted by Crippen LogP contribution is -2.17. The van der Waals surface area contributed by atoms with Crippen molar-refractivity contribution in [3.63, 3.8) is 0 Å². The van der Waals surface area contributed by atoms with Gasteiger partial charge in [0.2, 0.25) is 5.95 Å². The van der Waals surface area contributed by atoms with Gasteiger partial charge in [-0.1, -0.05) is 17.7 Å². The molecule has 1 aliphatic rings. The van der Waals surface area contributed by atoms with Gasteiger partial charge in [-0.2, -0.15) is 0 Å². The molecule has 1 N–H and O–H groups in total. The van der Waals surface area contributed by atoms with E-state index >= 15 is 0 Å². The van der Waals surface area contributed by atoms with Crippen molar-refractivity contribution in [3.05, 3.63) is 33.4 Å². The van der Waals surface area contributed by atoms with E-state index in [2.05, 4.69) is 58.7 Å². The van der Waals surface area contributed by atoms with Crippen LogP contribution in [0.2, 0.25) is 0 Å². The van der Waals surface area contributed by atoms with Gasteiger partial charge in [-0.25, -0.2) is 4.98 Å². The van der Waals surface area contributed by atoms with Crippen molar-refractivity contribution < 1.29 is 0 Å². The number of hydrogen-bond acceptors (Lipinski definition) is 2. The third-order valence-corrected chi connectivity index (χ3v) is 4.46. The standard InChI is InChI=1S/C15H18BrN3/c1-9-7-10(2)12(11(3)8-9)13-14(16)19-6-4-5-17-15(19)18-13/h7-8H,4-6H2,1-3H3,(H,17,18). The maximum absolute atomic E-state index is 4.78. The molecule has 0 bridgehead atoms. The van der Waals surface area contributed by atoms with Crippen molar-refractivity contribution in [2.24, 2.45) is 0 Å². The molecule has 3 nitrogen and oxygen atoms in total. The summed E-state index contributed by atoms with van der Waals surface area (Å²) in [7, 11) is 0. The predicted molar refractivity (Wildman–Crippen MR) is 82.7 cm³/mol. The van der Waals surface area contributed by atoms with E-state index in [1.54, 1.807) is 0 Å². The van der Waals surface area contributed by atoms with Gasteiger partial charge in [0.05, 0.1) is 0 Å². The van der Waals surface area contributed by atoms with Crippen LogP contribution in [0, 0.1) is 20.8 Å². The molecule has 19 heavy (non-hydrogen) atoms. The number of nitrogens with zero attached hydrogens (tertiary/aromatic N) is 2. The van der Waals surface area contributed by atoms with Crippen LogP contribution in [-0.2, 0) is 6.54 Å². The first-order valence-corrected chi connectivity index (χ1v) is 7.45. The van der Waals surface area contributed by atoms with Crippen LogP contribution in [0.1, 0.15) is 23.1 Å². The molecular formula is C15H18BrN3. The molecule has 1 aliphatic heterocycles. The molecule has 0 unspecified atom stereocenters. The van der Waals surface area contributed by atoms with E-state index in [0.717, 1.165) is 35.8 Å². The summed E-state index contributed by atoms with van der Waals surface area (Å²) in [6.45, 7) is 8.49. The molecule has 0 radical (unpaired) electrons. The average Bonchev–Trinajstić information content (AvgIpc) is 2.66. The second-order valence-electron chi connectivity index (χ2n) is 5.28. The topological polar surface area (TPSA) is 29.9 Å². The van der Waals surface area contributed by atoms with Gasteiger partial charge in [-0.15, -0.1) is 0 Å². The maximum atomic E-state index is 4.78. The Morgan fingerprint density at radius 3 is 2.53 bits per heavy atom. The van der Waals surface area contributed by atoms with Crippen molar-refractivity contribution in [2.45, 2.75) is 33.7 Å². The van der Waals surface area contributed by atoms with E-state index in [-0.39, 0.29) is 0 Å². The van der Waals surface area contributed by atoms with Gasteiger partial charge in [0.15, 0.2) is 0 Å². The van der Waals surface area contributed by atoms with E-state index < -0.39 is 0 Å². The summed E-state index contributed by atoms with van der Waals surface area (Å²) in [5, 5.41) is 3.37. The Morgan fingerprint density at radius 2 is 1.89 bits per heavy atom.